The Morgan fingerprint density at radius 3 is 2.62 bits per heavy atom. The van der Waals surface area contributed by atoms with Gasteiger partial charge in [-0.3, -0.25) is 9.69 Å². The molecule has 0 atom stereocenters. The second-order valence-electron chi connectivity index (χ2n) is 6.67. The molecule has 0 aliphatic carbocycles. The number of anilines is 1. The zero-order chi connectivity index (χ0) is 17.2. The molecule has 1 heterocycles. The van der Waals surface area contributed by atoms with Crippen LogP contribution in [0.4, 0.5) is 5.69 Å². The lowest BCUT2D eigenvalue weighted by molar-refractivity contribution is -0.117. The normalized spacial score (nSPS) is 15.6. The Morgan fingerprint density at radius 2 is 1.96 bits per heavy atom. The fourth-order valence-corrected chi connectivity index (χ4v) is 2.57. The van der Waals surface area contributed by atoms with E-state index in [2.05, 4.69) is 36.2 Å². The van der Waals surface area contributed by atoms with Crippen molar-refractivity contribution >= 4 is 11.6 Å². The molecule has 1 amide bonds. The minimum Gasteiger partial charge on any atom is -0.381 e. The first kappa shape index (κ1) is 18.9. The van der Waals surface area contributed by atoms with Crippen LogP contribution >= 0.6 is 0 Å². The number of nitrogens with one attached hydrogen (secondary N) is 1. The van der Waals surface area contributed by atoms with E-state index >= 15 is 0 Å². The molecule has 5 nitrogen and oxygen atoms in total. The predicted octanol–water partition coefficient (Wildman–Crippen LogP) is 2.56. The van der Waals surface area contributed by atoms with Crippen molar-refractivity contribution in [3.05, 3.63) is 29.8 Å². The molecule has 1 fully saturated rings. The van der Waals surface area contributed by atoms with Crippen molar-refractivity contribution in [2.45, 2.75) is 26.7 Å². The van der Waals surface area contributed by atoms with Crippen molar-refractivity contribution in [2.24, 2.45) is 5.92 Å². The Balaban J connectivity index is 1.66. The standard InChI is InChI=1S/C19H30N2O3/c1-16(2)15-24-12-8-19(22)20-18-5-3-17(4-6-18)7-9-21-10-13-23-14-11-21/h3-6,16H,7-15H2,1-2H3,(H,20,22). The van der Waals surface area contributed by atoms with Gasteiger partial charge in [0.1, 0.15) is 0 Å². The van der Waals surface area contributed by atoms with Crippen LogP contribution in [0.5, 0.6) is 0 Å². The van der Waals surface area contributed by atoms with Crippen molar-refractivity contribution < 1.29 is 14.3 Å². The number of hydrogen-bond acceptors (Lipinski definition) is 4. The monoisotopic (exact) mass is 334 g/mol. The highest BCUT2D eigenvalue weighted by Crippen LogP contribution is 2.11. The third-order valence-electron chi connectivity index (χ3n) is 3.98. The number of carbonyl (C=O) groups excluding carboxylic acids is 1. The molecule has 0 radical (unpaired) electrons. The fraction of sp³-hybridized carbons (Fsp3) is 0.632. The largest absolute Gasteiger partial charge is 0.381 e. The van der Waals surface area contributed by atoms with Crippen LogP contribution in [0.15, 0.2) is 24.3 Å². The van der Waals surface area contributed by atoms with Gasteiger partial charge in [-0.2, -0.15) is 0 Å². The molecule has 0 saturated carbocycles. The van der Waals surface area contributed by atoms with Crippen LogP contribution < -0.4 is 5.32 Å². The molecule has 24 heavy (non-hydrogen) atoms. The van der Waals surface area contributed by atoms with Gasteiger partial charge in [-0.25, -0.2) is 0 Å². The van der Waals surface area contributed by atoms with Gasteiger partial charge in [0.2, 0.25) is 5.91 Å². The summed E-state index contributed by atoms with van der Waals surface area (Å²) in [5.74, 6) is 0.498. The molecule has 134 valence electrons. The van der Waals surface area contributed by atoms with E-state index < -0.39 is 0 Å². The lowest BCUT2D eigenvalue weighted by atomic mass is 10.1. The fourth-order valence-electron chi connectivity index (χ4n) is 2.57. The van der Waals surface area contributed by atoms with Gasteiger partial charge < -0.3 is 14.8 Å². The Kier molecular flexibility index (Phi) is 8.22. The molecule has 0 unspecified atom stereocenters. The number of morpholine rings is 1. The van der Waals surface area contributed by atoms with Crippen LogP contribution in [0.2, 0.25) is 0 Å². The zero-order valence-corrected chi connectivity index (χ0v) is 14.9. The smallest absolute Gasteiger partial charge is 0.226 e. The van der Waals surface area contributed by atoms with Crippen LogP contribution in [0.1, 0.15) is 25.8 Å². The molecule has 0 bridgehead atoms. The quantitative estimate of drug-likeness (QED) is 0.705. The summed E-state index contributed by atoms with van der Waals surface area (Å²) >= 11 is 0. The second kappa shape index (κ2) is 10.4. The maximum atomic E-state index is 11.9. The van der Waals surface area contributed by atoms with E-state index in [0.29, 0.717) is 25.6 Å². The summed E-state index contributed by atoms with van der Waals surface area (Å²) in [5.41, 5.74) is 2.14. The summed E-state index contributed by atoms with van der Waals surface area (Å²) in [6.45, 7) is 10.1. The molecular weight excluding hydrogens is 304 g/mol. The molecule has 1 aliphatic rings. The number of rotatable bonds is 9. The molecule has 0 spiro atoms. The van der Waals surface area contributed by atoms with Gasteiger partial charge in [-0.05, 0) is 30.0 Å². The van der Waals surface area contributed by atoms with Crippen molar-refractivity contribution in [1.82, 2.24) is 4.90 Å². The Bertz CT molecular complexity index is 482. The first-order chi connectivity index (χ1) is 11.6. The van der Waals surface area contributed by atoms with E-state index in [0.717, 1.165) is 45.0 Å². The highest BCUT2D eigenvalue weighted by atomic mass is 16.5. The number of ether oxygens (including phenoxy) is 2. The molecular formula is C19H30N2O3. The molecule has 1 saturated heterocycles. The lowest BCUT2D eigenvalue weighted by Crippen LogP contribution is -2.37. The molecule has 5 heteroatoms. The van der Waals surface area contributed by atoms with E-state index in [1.807, 2.05) is 12.1 Å². The number of benzene rings is 1. The molecule has 2 rings (SSSR count). The molecule has 1 N–H and O–H groups in total. The molecule has 0 aromatic heterocycles. The average molecular weight is 334 g/mol. The zero-order valence-electron chi connectivity index (χ0n) is 14.9. The Morgan fingerprint density at radius 1 is 1.25 bits per heavy atom. The number of carbonyl (C=O) groups is 1. The Hall–Kier alpha value is -1.43. The Labute approximate surface area is 145 Å². The van der Waals surface area contributed by atoms with Gasteiger partial charge in [0.15, 0.2) is 0 Å². The summed E-state index contributed by atoms with van der Waals surface area (Å²) in [5, 5.41) is 2.92. The first-order valence-corrected chi connectivity index (χ1v) is 8.90. The highest BCUT2D eigenvalue weighted by molar-refractivity contribution is 5.90. The van der Waals surface area contributed by atoms with Gasteiger partial charge >= 0.3 is 0 Å². The van der Waals surface area contributed by atoms with Crippen LogP contribution in [0, 0.1) is 5.92 Å². The van der Waals surface area contributed by atoms with Gasteiger partial charge in [-0.1, -0.05) is 26.0 Å². The van der Waals surface area contributed by atoms with E-state index in [4.69, 9.17) is 9.47 Å². The van der Waals surface area contributed by atoms with Gasteiger partial charge in [-0.15, -0.1) is 0 Å². The van der Waals surface area contributed by atoms with Crippen molar-refractivity contribution in [3.8, 4) is 0 Å². The maximum Gasteiger partial charge on any atom is 0.226 e. The molecule has 1 aromatic rings. The van der Waals surface area contributed by atoms with E-state index in [-0.39, 0.29) is 5.91 Å². The number of nitrogens with zero attached hydrogens (tertiary/aromatic N) is 1. The van der Waals surface area contributed by atoms with Crippen molar-refractivity contribution in [2.75, 3.05) is 51.4 Å². The molecule has 1 aromatic carbocycles. The van der Waals surface area contributed by atoms with Gasteiger partial charge in [0, 0.05) is 31.9 Å². The maximum absolute atomic E-state index is 11.9. The van der Waals surface area contributed by atoms with Crippen LogP contribution in [0.3, 0.4) is 0 Å². The van der Waals surface area contributed by atoms with Crippen LogP contribution in [0.25, 0.3) is 0 Å². The number of hydrogen-bond donors (Lipinski definition) is 1. The third kappa shape index (κ3) is 7.43. The summed E-state index contributed by atoms with van der Waals surface area (Å²) in [7, 11) is 0. The average Bonchev–Trinajstić information content (AvgIpc) is 2.59. The van der Waals surface area contributed by atoms with E-state index in [9.17, 15) is 4.79 Å². The number of amides is 1. The van der Waals surface area contributed by atoms with Crippen LogP contribution in [-0.2, 0) is 20.7 Å². The van der Waals surface area contributed by atoms with Gasteiger partial charge in [0.05, 0.1) is 26.2 Å². The van der Waals surface area contributed by atoms with Crippen molar-refractivity contribution in [3.63, 3.8) is 0 Å². The first-order valence-electron chi connectivity index (χ1n) is 8.90. The lowest BCUT2D eigenvalue weighted by Gasteiger charge is -2.26. The topological polar surface area (TPSA) is 50.8 Å². The third-order valence-corrected chi connectivity index (χ3v) is 3.98. The summed E-state index contributed by atoms with van der Waals surface area (Å²) in [6, 6.07) is 8.12. The molecule has 1 aliphatic heterocycles. The summed E-state index contributed by atoms with van der Waals surface area (Å²) in [6.07, 6.45) is 1.42. The highest BCUT2D eigenvalue weighted by Gasteiger charge is 2.10. The summed E-state index contributed by atoms with van der Waals surface area (Å²) < 4.78 is 10.8. The minimum absolute atomic E-state index is 0.000164. The van der Waals surface area contributed by atoms with Gasteiger partial charge in [0.25, 0.3) is 0 Å². The SMILES string of the molecule is CC(C)COCCC(=O)Nc1ccc(CCN2CCOCC2)cc1. The summed E-state index contributed by atoms with van der Waals surface area (Å²) in [4.78, 5) is 14.3. The predicted molar refractivity (Wildman–Crippen MR) is 96.3 cm³/mol. The second-order valence-corrected chi connectivity index (χ2v) is 6.67. The van der Waals surface area contributed by atoms with Crippen molar-refractivity contribution in [1.29, 1.82) is 0 Å². The van der Waals surface area contributed by atoms with E-state index in [1.54, 1.807) is 0 Å². The van der Waals surface area contributed by atoms with Crippen LogP contribution in [-0.4, -0.2) is 56.9 Å². The van der Waals surface area contributed by atoms with E-state index in [1.165, 1.54) is 5.56 Å². The minimum atomic E-state index is -0.000164.